The third-order valence-corrected chi connectivity index (χ3v) is 3.86. The molecule has 1 atom stereocenters. The molecule has 6 heteroatoms. The monoisotopic (exact) mass is 299 g/mol. The van der Waals surface area contributed by atoms with E-state index in [4.69, 9.17) is 16.3 Å². The van der Waals surface area contributed by atoms with Crippen LogP contribution in [0, 0.1) is 6.92 Å². The lowest BCUT2D eigenvalue weighted by Crippen LogP contribution is -2.23. The molecule has 2 aromatic rings. The van der Waals surface area contributed by atoms with Gasteiger partial charge in [-0.15, -0.1) is 11.3 Å². The first-order valence-corrected chi connectivity index (χ1v) is 7.31. The van der Waals surface area contributed by atoms with Crippen LogP contribution in [0.5, 0.6) is 0 Å². The molecule has 0 fully saturated rings. The van der Waals surface area contributed by atoms with Crippen LogP contribution < -0.4 is 5.32 Å². The van der Waals surface area contributed by atoms with E-state index in [-0.39, 0.29) is 6.04 Å². The predicted molar refractivity (Wildman–Crippen MR) is 80.4 cm³/mol. The molecule has 0 aliphatic rings. The number of ether oxygens (including phenoxy) is 1. The third kappa shape index (κ3) is 3.96. The summed E-state index contributed by atoms with van der Waals surface area (Å²) in [4.78, 5) is 5.72. The van der Waals surface area contributed by atoms with Gasteiger partial charge in [-0.05, 0) is 26.0 Å². The standard InChI is InChI=1S/C13H18ClN3OS/c1-9-6-17(7-11-4-5-12(14)19-11)13(15-9)16-10(2)8-18-3/h4-6,10H,7-8H2,1-3H3,(H,15,16). The Labute approximate surface area is 122 Å². The number of nitrogens with zero attached hydrogens (tertiary/aromatic N) is 2. The van der Waals surface area contributed by atoms with E-state index in [9.17, 15) is 0 Å². The van der Waals surface area contributed by atoms with Crippen molar-refractivity contribution in [1.29, 1.82) is 0 Å². The SMILES string of the molecule is COCC(C)Nc1nc(C)cn1Cc1ccc(Cl)s1. The Morgan fingerprint density at radius 2 is 2.32 bits per heavy atom. The number of aromatic nitrogens is 2. The van der Waals surface area contributed by atoms with Gasteiger partial charge in [0, 0.05) is 24.2 Å². The highest BCUT2D eigenvalue weighted by molar-refractivity contribution is 7.16. The van der Waals surface area contributed by atoms with E-state index < -0.39 is 0 Å². The third-order valence-electron chi connectivity index (χ3n) is 2.64. The van der Waals surface area contributed by atoms with Gasteiger partial charge in [0.1, 0.15) is 0 Å². The minimum Gasteiger partial charge on any atom is -0.383 e. The Balaban J connectivity index is 2.11. The molecule has 1 N–H and O–H groups in total. The van der Waals surface area contributed by atoms with Crippen molar-refractivity contribution in [2.75, 3.05) is 19.0 Å². The van der Waals surface area contributed by atoms with Gasteiger partial charge in [0.25, 0.3) is 0 Å². The van der Waals surface area contributed by atoms with E-state index in [0.29, 0.717) is 6.61 Å². The maximum atomic E-state index is 5.96. The smallest absolute Gasteiger partial charge is 0.203 e. The molecule has 0 saturated carbocycles. The van der Waals surface area contributed by atoms with Crippen molar-refractivity contribution in [1.82, 2.24) is 9.55 Å². The maximum absolute atomic E-state index is 5.96. The zero-order valence-electron chi connectivity index (χ0n) is 11.3. The molecular weight excluding hydrogens is 282 g/mol. The first kappa shape index (κ1) is 14.4. The lowest BCUT2D eigenvalue weighted by molar-refractivity contribution is 0.190. The van der Waals surface area contributed by atoms with Crippen molar-refractivity contribution >= 4 is 28.9 Å². The van der Waals surface area contributed by atoms with Gasteiger partial charge in [-0.3, -0.25) is 0 Å². The summed E-state index contributed by atoms with van der Waals surface area (Å²) < 4.78 is 8.04. The Morgan fingerprint density at radius 1 is 1.53 bits per heavy atom. The van der Waals surface area contributed by atoms with Crippen LogP contribution in [-0.4, -0.2) is 29.3 Å². The molecular formula is C13H18ClN3OS. The Morgan fingerprint density at radius 3 is 2.95 bits per heavy atom. The molecule has 0 saturated heterocycles. The van der Waals surface area contributed by atoms with E-state index in [1.807, 2.05) is 25.3 Å². The van der Waals surface area contributed by atoms with E-state index in [1.165, 1.54) is 4.88 Å². The summed E-state index contributed by atoms with van der Waals surface area (Å²) >= 11 is 7.55. The quantitative estimate of drug-likeness (QED) is 0.888. The summed E-state index contributed by atoms with van der Waals surface area (Å²) in [5.41, 5.74) is 0.995. The molecule has 2 heterocycles. The van der Waals surface area contributed by atoms with Crippen molar-refractivity contribution < 1.29 is 4.74 Å². The molecule has 0 amide bonds. The van der Waals surface area contributed by atoms with Gasteiger partial charge in [-0.2, -0.15) is 0 Å². The fraction of sp³-hybridized carbons (Fsp3) is 0.462. The van der Waals surface area contributed by atoms with Crippen molar-refractivity contribution in [2.45, 2.75) is 26.4 Å². The molecule has 0 aliphatic carbocycles. The van der Waals surface area contributed by atoms with Crippen molar-refractivity contribution in [3.05, 3.63) is 33.2 Å². The van der Waals surface area contributed by atoms with E-state index >= 15 is 0 Å². The van der Waals surface area contributed by atoms with Crippen LogP contribution in [-0.2, 0) is 11.3 Å². The fourth-order valence-electron chi connectivity index (χ4n) is 1.90. The molecule has 104 valence electrons. The van der Waals surface area contributed by atoms with Crippen LogP contribution in [0.25, 0.3) is 0 Å². The molecule has 4 nitrogen and oxygen atoms in total. The summed E-state index contributed by atoms with van der Waals surface area (Å²) in [5.74, 6) is 0.867. The number of halogens is 1. The van der Waals surface area contributed by atoms with E-state index in [0.717, 1.165) is 22.5 Å². The first-order valence-electron chi connectivity index (χ1n) is 6.12. The van der Waals surface area contributed by atoms with Crippen molar-refractivity contribution in [3.63, 3.8) is 0 Å². The summed E-state index contributed by atoms with van der Waals surface area (Å²) in [7, 11) is 1.70. The molecule has 2 aromatic heterocycles. The van der Waals surface area contributed by atoms with Crippen LogP contribution in [0.15, 0.2) is 18.3 Å². The molecule has 0 aromatic carbocycles. The van der Waals surface area contributed by atoms with Crippen molar-refractivity contribution in [2.24, 2.45) is 0 Å². The predicted octanol–water partition coefficient (Wildman–Crippen LogP) is 3.40. The number of thiophene rings is 1. The number of aryl methyl sites for hydroxylation is 1. The number of imidazole rings is 1. The number of rotatable bonds is 6. The molecule has 0 radical (unpaired) electrons. The molecule has 0 bridgehead atoms. The Kier molecular flexibility index (Phi) is 4.85. The first-order chi connectivity index (χ1) is 9.08. The van der Waals surface area contributed by atoms with Crippen molar-refractivity contribution in [3.8, 4) is 0 Å². The topological polar surface area (TPSA) is 39.1 Å². The maximum Gasteiger partial charge on any atom is 0.203 e. The molecule has 19 heavy (non-hydrogen) atoms. The zero-order valence-corrected chi connectivity index (χ0v) is 12.9. The minimum atomic E-state index is 0.220. The van der Waals surface area contributed by atoms with Gasteiger partial charge in [-0.25, -0.2) is 4.98 Å². The van der Waals surface area contributed by atoms with Gasteiger partial charge < -0.3 is 14.6 Å². The van der Waals surface area contributed by atoms with Crippen LogP contribution in [0.1, 0.15) is 17.5 Å². The van der Waals surface area contributed by atoms with E-state index in [1.54, 1.807) is 18.4 Å². The summed E-state index contributed by atoms with van der Waals surface area (Å²) in [6.45, 7) is 5.49. The highest BCUT2D eigenvalue weighted by atomic mass is 35.5. The van der Waals surface area contributed by atoms with E-state index in [2.05, 4.69) is 21.8 Å². The second kappa shape index (κ2) is 6.41. The minimum absolute atomic E-state index is 0.220. The van der Waals surface area contributed by atoms with Crippen LogP contribution in [0.4, 0.5) is 5.95 Å². The molecule has 1 unspecified atom stereocenters. The van der Waals surface area contributed by atoms with Crippen LogP contribution in [0.2, 0.25) is 4.34 Å². The van der Waals surface area contributed by atoms with Gasteiger partial charge in [0.15, 0.2) is 0 Å². The lowest BCUT2D eigenvalue weighted by Gasteiger charge is -2.14. The number of nitrogens with one attached hydrogen (secondary N) is 1. The summed E-state index contributed by atoms with van der Waals surface area (Å²) in [6.07, 6.45) is 2.04. The number of hydrogen-bond acceptors (Lipinski definition) is 4. The van der Waals surface area contributed by atoms with Gasteiger partial charge in [0.05, 0.1) is 23.2 Å². The lowest BCUT2D eigenvalue weighted by atomic mass is 10.4. The second-order valence-electron chi connectivity index (χ2n) is 4.54. The zero-order chi connectivity index (χ0) is 13.8. The van der Waals surface area contributed by atoms with Crippen LogP contribution >= 0.6 is 22.9 Å². The average Bonchev–Trinajstić information content (AvgIpc) is 2.87. The molecule has 0 spiro atoms. The van der Waals surface area contributed by atoms with Gasteiger partial charge >= 0.3 is 0 Å². The Hall–Kier alpha value is -1.04. The summed E-state index contributed by atoms with van der Waals surface area (Å²) in [6, 6.07) is 4.19. The highest BCUT2D eigenvalue weighted by Crippen LogP contribution is 2.23. The largest absolute Gasteiger partial charge is 0.383 e. The van der Waals surface area contributed by atoms with Gasteiger partial charge in [-0.1, -0.05) is 11.6 Å². The normalized spacial score (nSPS) is 12.6. The number of anilines is 1. The second-order valence-corrected chi connectivity index (χ2v) is 6.34. The van der Waals surface area contributed by atoms with Crippen LogP contribution in [0.3, 0.4) is 0 Å². The molecule has 0 aliphatic heterocycles. The number of methoxy groups -OCH3 is 1. The highest BCUT2D eigenvalue weighted by Gasteiger charge is 2.10. The number of hydrogen-bond donors (Lipinski definition) is 1. The Bertz CT molecular complexity index is 538. The summed E-state index contributed by atoms with van der Waals surface area (Å²) in [5, 5.41) is 3.36. The average molecular weight is 300 g/mol. The molecule has 2 rings (SSSR count). The van der Waals surface area contributed by atoms with Gasteiger partial charge in [0.2, 0.25) is 5.95 Å². The fourth-order valence-corrected chi connectivity index (χ4v) is 2.99.